The van der Waals surface area contributed by atoms with Gasteiger partial charge in [0.25, 0.3) is 5.91 Å². The summed E-state index contributed by atoms with van der Waals surface area (Å²) in [5.74, 6) is -3.62. The lowest BCUT2D eigenvalue weighted by Gasteiger charge is -2.15. The molecular weight excluding hydrogens is 395 g/mol. The number of anilines is 1. The van der Waals surface area contributed by atoms with Crippen LogP contribution < -0.4 is 5.32 Å². The van der Waals surface area contributed by atoms with E-state index in [1.807, 2.05) is 0 Å². The summed E-state index contributed by atoms with van der Waals surface area (Å²) in [6, 6.07) is 3.71. The predicted octanol–water partition coefficient (Wildman–Crippen LogP) is 4.47. The highest BCUT2D eigenvalue weighted by molar-refractivity contribution is 6.34. The van der Waals surface area contributed by atoms with Crippen molar-refractivity contribution in [2.45, 2.75) is 6.18 Å². The number of hydrogen-bond acceptors (Lipinski definition) is 3. The molecule has 11 heteroatoms. The highest BCUT2D eigenvalue weighted by Gasteiger charge is 2.31. The highest BCUT2D eigenvalue weighted by atomic mass is 35.5. The molecule has 3 rings (SSSR count). The number of carbonyl (C=O) groups excluding carboxylic acids is 1. The summed E-state index contributed by atoms with van der Waals surface area (Å²) in [7, 11) is 0. The second kappa shape index (κ2) is 6.95. The Morgan fingerprint density at radius 3 is 2.44 bits per heavy atom. The van der Waals surface area contributed by atoms with Gasteiger partial charge in [-0.25, -0.2) is 18.4 Å². The molecule has 0 saturated heterocycles. The highest BCUT2D eigenvalue weighted by Crippen LogP contribution is 2.33. The molecule has 0 aliphatic heterocycles. The van der Waals surface area contributed by atoms with E-state index in [2.05, 4.69) is 15.4 Å². The zero-order chi connectivity index (χ0) is 19.8. The molecule has 0 saturated carbocycles. The number of halogens is 6. The van der Waals surface area contributed by atoms with Crippen molar-refractivity contribution >= 4 is 23.2 Å². The molecule has 0 aliphatic carbocycles. The molecule has 1 aromatic heterocycles. The topological polar surface area (TPSA) is 59.8 Å². The van der Waals surface area contributed by atoms with Gasteiger partial charge in [0.05, 0.1) is 27.5 Å². The number of nitrogens with one attached hydrogen (secondary N) is 1. The zero-order valence-corrected chi connectivity index (χ0v) is 13.8. The van der Waals surface area contributed by atoms with E-state index in [0.29, 0.717) is 18.2 Å². The first-order valence-electron chi connectivity index (χ1n) is 7.19. The summed E-state index contributed by atoms with van der Waals surface area (Å²) in [4.78, 5) is 16.1. The van der Waals surface area contributed by atoms with Crippen LogP contribution in [0, 0.1) is 11.6 Å². The average Bonchev–Trinajstić information content (AvgIpc) is 3.11. The average molecular weight is 403 g/mol. The first-order chi connectivity index (χ1) is 12.7. The number of nitrogens with zero attached hydrogens (tertiary/aromatic N) is 3. The van der Waals surface area contributed by atoms with E-state index >= 15 is 0 Å². The second-order valence-corrected chi connectivity index (χ2v) is 5.68. The van der Waals surface area contributed by atoms with Crippen LogP contribution >= 0.6 is 11.6 Å². The number of rotatable bonds is 3. The first-order valence-corrected chi connectivity index (χ1v) is 7.57. The molecule has 2 aromatic carbocycles. The van der Waals surface area contributed by atoms with E-state index in [0.717, 1.165) is 23.1 Å². The second-order valence-electron chi connectivity index (χ2n) is 5.27. The maximum Gasteiger partial charge on any atom is 0.416 e. The molecular formula is C16H8ClF5N4O. The number of carbonyl (C=O) groups is 1. The summed E-state index contributed by atoms with van der Waals surface area (Å²) in [6.45, 7) is 0. The molecule has 140 valence electrons. The number of benzene rings is 2. The van der Waals surface area contributed by atoms with E-state index in [9.17, 15) is 26.7 Å². The van der Waals surface area contributed by atoms with E-state index in [4.69, 9.17) is 11.6 Å². The molecule has 27 heavy (non-hydrogen) atoms. The minimum absolute atomic E-state index is 0.0764. The van der Waals surface area contributed by atoms with Crippen molar-refractivity contribution in [3.8, 4) is 5.69 Å². The fourth-order valence-corrected chi connectivity index (χ4v) is 2.47. The van der Waals surface area contributed by atoms with Crippen LogP contribution in [0.5, 0.6) is 0 Å². The SMILES string of the molecule is O=C(Nc1cc(C(F)(F)F)ccc1-n1cncn1)c1cc(F)c(F)cc1Cl. The first kappa shape index (κ1) is 18.8. The van der Waals surface area contributed by atoms with Gasteiger partial charge in [0, 0.05) is 0 Å². The normalized spacial score (nSPS) is 11.5. The van der Waals surface area contributed by atoms with Crippen LogP contribution in [0.4, 0.5) is 27.6 Å². The molecule has 0 unspecified atom stereocenters. The molecule has 0 aliphatic rings. The fraction of sp³-hybridized carbons (Fsp3) is 0.0625. The Bertz CT molecular complexity index is 1000. The molecule has 1 N–H and O–H groups in total. The molecule has 1 heterocycles. The van der Waals surface area contributed by atoms with Gasteiger partial charge in [-0.15, -0.1) is 0 Å². The number of aromatic nitrogens is 3. The Labute approximate surface area is 153 Å². The van der Waals surface area contributed by atoms with Gasteiger partial charge in [-0.05, 0) is 30.3 Å². The number of amides is 1. The lowest BCUT2D eigenvalue weighted by atomic mass is 10.1. The molecule has 0 radical (unpaired) electrons. The Kier molecular flexibility index (Phi) is 4.83. The van der Waals surface area contributed by atoms with E-state index < -0.39 is 39.9 Å². The largest absolute Gasteiger partial charge is 0.416 e. The van der Waals surface area contributed by atoms with Crippen molar-refractivity contribution in [2.24, 2.45) is 0 Å². The quantitative estimate of drug-likeness (QED) is 0.519. The number of hydrogen-bond donors (Lipinski definition) is 1. The molecule has 0 spiro atoms. The van der Waals surface area contributed by atoms with Gasteiger partial charge >= 0.3 is 6.18 Å². The Balaban J connectivity index is 2.04. The van der Waals surface area contributed by atoms with Crippen molar-refractivity contribution in [3.63, 3.8) is 0 Å². The van der Waals surface area contributed by atoms with Crippen LogP contribution in [0.25, 0.3) is 5.69 Å². The van der Waals surface area contributed by atoms with Crippen LogP contribution in [-0.2, 0) is 6.18 Å². The van der Waals surface area contributed by atoms with Crippen LogP contribution in [0.1, 0.15) is 15.9 Å². The Hall–Kier alpha value is -3.01. The molecule has 0 fully saturated rings. The summed E-state index contributed by atoms with van der Waals surface area (Å²) in [6.07, 6.45) is -2.31. The monoisotopic (exact) mass is 402 g/mol. The molecule has 3 aromatic rings. The summed E-state index contributed by atoms with van der Waals surface area (Å²) < 4.78 is 66.7. The van der Waals surface area contributed by atoms with Crippen LogP contribution in [0.15, 0.2) is 43.0 Å². The predicted molar refractivity (Wildman–Crippen MR) is 85.7 cm³/mol. The lowest BCUT2D eigenvalue weighted by Crippen LogP contribution is -2.16. The van der Waals surface area contributed by atoms with Gasteiger partial charge in [0.15, 0.2) is 11.6 Å². The molecule has 0 atom stereocenters. The van der Waals surface area contributed by atoms with Crippen molar-refractivity contribution in [3.05, 3.63) is 70.8 Å². The van der Waals surface area contributed by atoms with E-state index in [-0.39, 0.29) is 11.4 Å². The van der Waals surface area contributed by atoms with Crippen molar-refractivity contribution < 1.29 is 26.7 Å². The Morgan fingerprint density at radius 1 is 1.11 bits per heavy atom. The van der Waals surface area contributed by atoms with Gasteiger partial charge in [-0.3, -0.25) is 4.79 Å². The molecule has 5 nitrogen and oxygen atoms in total. The maximum atomic E-state index is 13.4. The smallest absolute Gasteiger partial charge is 0.320 e. The van der Waals surface area contributed by atoms with Crippen molar-refractivity contribution in [1.82, 2.24) is 14.8 Å². The minimum Gasteiger partial charge on any atom is -0.320 e. The van der Waals surface area contributed by atoms with Gasteiger partial charge < -0.3 is 5.32 Å². The van der Waals surface area contributed by atoms with Gasteiger partial charge in [0.2, 0.25) is 0 Å². The number of alkyl halides is 3. The fourth-order valence-electron chi connectivity index (χ4n) is 2.23. The zero-order valence-electron chi connectivity index (χ0n) is 13.1. The Morgan fingerprint density at radius 2 is 1.81 bits per heavy atom. The minimum atomic E-state index is -4.67. The van der Waals surface area contributed by atoms with E-state index in [1.54, 1.807) is 0 Å². The van der Waals surface area contributed by atoms with Crippen molar-refractivity contribution in [1.29, 1.82) is 0 Å². The van der Waals surface area contributed by atoms with Crippen LogP contribution in [-0.4, -0.2) is 20.7 Å². The molecule has 0 bridgehead atoms. The van der Waals surface area contributed by atoms with Crippen LogP contribution in [0.2, 0.25) is 5.02 Å². The third kappa shape index (κ3) is 3.90. The van der Waals surface area contributed by atoms with E-state index in [1.165, 1.54) is 6.33 Å². The van der Waals surface area contributed by atoms with Gasteiger partial charge in [0.1, 0.15) is 12.7 Å². The standard InChI is InChI=1S/C16H8ClF5N4O/c17-10-5-12(19)11(18)4-9(10)15(27)25-13-3-8(16(20,21)22)1-2-14(13)26-7-23-6-24-26/h1-7H,(H,25,27). The summed E-state index contributed by atoms with van der Waals surface area (Å²) >= 11 is 5.73. The van der Waals surface area contributed by atoms with Gasteiger partial charge in [-0.2, -0.15) is 18.3 Å². The summed E-state index contributed by atoms with van der Waals surface area (Å²) in [5.41, 5.74) is -1.68. The maximum absolute atomic E-state index is 13.4. The van der Waals surface area contributed by atoms with Crippen molar-refractivity contribution in [2.75, 3.05) is 5.32 Å². The molecule has 1 amide bonds. The lowest BCUT2D eigenvalue weighted by molar-refractivity contribution is -0.137. The van der Waals surface area contributed by atoms with Crippen LogP contribution in [0.3, 0.4) is 0 Å². The third-order valence-electron chi connectivity index (χ3n) is 3.49. The third-order valence-corrected chi connectivity index (χ3v) is 3.80. The summed E-state index contributed by atoms with van der Waals surface area (Å²) in [5, 5.41) is 5.61. The van der Waals surface area contributed by atoms with Gasteiger partial charge in [-0.1, -0.05) is 11.6 Å².